The molecule has 1 atom stereocenters. The summed E-state index contributed by atoms with van der Waals surface area (Å²) in [7, 11) is 1.42. The second-order valence-electron chi connectivity index (χ2n) is 14.7. The lowest BCUT2D eigenvalue weighted by atomic mass is 9.75. The Morgan fingerprint density at radius 2 is 1.71 bits per heavy atom. The number of pyridine rings is 1. The molecule has 2 heterocycles. The van der Waals surface area contributed by atoms with Gasteiger partial charge in [-0.2, -0.15) is 0 Å². The predicted octanol–water partition coefficient (Wildman–Crippen LogP) is 5.61. The van der Waals surface area contributed by atoms with Gasteiger partial charge in [0.1, 0.15) is 16.9 Å². The van der Waals surface area contributed by atoms with E-state index >= 15 is 4.39 Å². The van der Waals surface area contributed by atoms with E-state index in [0.717, 1.165) is 18.9 Å². The number of hydrogen-bond donors (Lipinski definition) is 1. The highest BCUT2D eigenvalue weighted by atomic mass is 19.1. The molecule has 1 N–H and O–H groups in total. The van der Waals surface area contributed by atoms with Crippen molar-refractivity contribution < 1.29 is 38.1 Å². The molecular formula is C33H46FN3O8. The van der Waals surface area contributed by atoms with Gasteiger partial charge in [0.05, 0.1) is 30.0 Å². The highest BCUT2D eigenvalue weighted by Crippen LogP contribution is 2.44. The van der Waals surface area contributed by atoms with Crippen LogP contribution >= 0.6 is 0 Å². The van der Waals surface area contributed by atoms with Gasteiger partial charge in [-0.25, -0.2) is 14.0 Å². The summed E-state index contributed by atoms with van der Waals surface area (Å²) < 4.78 is 34.7. The number of hydrogen-bond acceptors (Lipinski definition) is 8. The van der Waals surface area contributed by atoms with Crippen molar-refractivity contribution in [2.24, 2.45) is 10.8 Å². The molecule has 2 aromatic rings. The quantitative estimate of drug-likeness (QED) is 0.351. The van der Waals surface area contributed by atoms with Crippen molar-refractivity contribution in [3.63, 3.8) is 0 Å². The number of benzene rings is 1. The van der Waals surface area contributed by atoms with Gasteiger partial charge in [0.2, 0.25) is 5.43 Å². The Hall–Kier alpha value is -3.83. The Labute approximate surface area is 263 Å². The third-order valence-electron chi connectivity index (χ3n) is 8.23. The van der Waals surface area contributed by atoms with Gasteiger partial charge in [-0.05, 0) is 66.9 Å². The van der Waals surface area contributed by atoms with Crippen molar-refractivity contribution in [2.45, 2.75) is 92.3 Å². The van der Waals surface area contributed by atoms with Crippen LogP contribution in [0, 0.1) is 16.6 Å². The molecule has 1 amide bonds. The van der Waals surface area contributed by atoms with E-state index in [1.807, 2.05) is 11.8 Å². The van der Waals surface area contributed by atoms with Gasteiger partial charge in [-0.15, -0.1) is 0 Å². The molecule has 248 valence electrons. The maximum Gasteiger partial charge on any atom is 0.410 e. The van der Waals surface area contributed by atoms with Crippen molar-refractivity contribution in [1.82, 2.24) is 9.47 Å². The number of methoxy groups -OCH3 is 1. The second-order valence-corrected chi connectivity index (χ2v) is 14.7. The molecule has 1 aliphatic carbocycles. The largest absolute Gasteiger partial charge is 0.492 e. The Bertz CT molecular complexity index is 1550. The number of halogens is 1. The molecule has 1 aromatic heterocycles. The minimum Gasteiger partial charge on any atom is -0.492 e. The van der Waals surface area contributed by atoms with Crippen LogP contribution < -0.4 is 15.1 Å². The number of carboxylic acid groups (broad SMARTS) is 1. The number of rotatable bonds is 9. The summed E-state index contributed by atoms with van der Waals surface area (Å²) in [4.78, 5) is 54.8. The first kappa shape index (κ1) is 34.1. The zero-order valence-corrected chi connectivity index (χ0v) is 27.8. The van der Waals surface area contributed by atoms with E-state index in [4.69, 9.17) is 14.2 Å². The van der Waals surface area contributed by atoms with E-state index < -0.39 is 45.7 Å². The van der Waals surface area contributed by atoms with Crippen LogP contribution in [0.25, 0.3) is 10.9 Å². The zero-order chi connectivity index (χ0) is 33.6. The van der Waals surface area contributed by atoms with Gasteiger partial charge in [0, 0.05) is 43.3 Å². The average Bonchev–Trinajstić information content (AvgIpc) is 3.75. The Morgan fingerprint density at radius 1 is 1.07 bits per heavy atom. The van der Waals surface area contributed by atoms with E-state index in [1.54, 1.807) is 57.9 Å². The summed E-state index contributed by atoms with van der Waals surface area (Å²) >= 11 is 0. The highest BCUT2D eigenvalue weighted by molar-refractivity contribution is 5.97. The van der Waals surface area contributed by atoms with E-state index in [9.17, 15) is 24.3 Å². The number of carbonyl (C=O) groups excluding carboxylic acids is 2. The summed E-state index contributed by atoms with van der Waals surface area (Å²) in [6, 6.07) is 0.846. The van der Waals surface area contributed by atoms with E-state index in [-0.39, 0.29) is 47.5 Å². The van der Waals surface area contributed by atoms with Crippen LogP contribution in [0.5, 0.6) is 5.75 Å². The molecule has 1 saturated heterocycles. The first-order valence-electron chi connectivity index (χ1n) is 15.4. The van der Waals surface area contributed by atoms with Crippen LogP contribution in [0.2, 0.25) is 0 Å². The number of carboxylic acids is 1. The monoisotopic (exact) mass is 631 g/mol. The Kier molecular flexibility index (Phi) is 9.21. The SMILES string of the molecule is COc1c(N2CCN(C(=O)OC(C)(C)C)C(C)C2)c(F)cc2c(=O)c(C(=O)OCC(C)(C)CC(C)(C)C(=O)O)cn(C3CC3)c12. The fourth-order valence-electron chi connectivity index (χ4n) is 6.13. The molecule has 45 heavy (non-hydrogen) atoms. The summed E-state index contributed by atoms with van der Waals surface area (Å²) in [6.45, 7) is 14.9. The summed E-state index contributed by atoms with van der Waals surface area (Å²) in [5.41, 5.74) is -2.69. The van der Waals surface area contributed by atoms with Crippen LogP contribution in [0.4, 0.5) is 14.9 Å². The zero-order valence-electron chi connectivity index (χ0n) is 27.8. The average molecular weight is 632 g/mol. The molecule has 2 aliphatic rings. The number of carbonyl (C=O) groups is 3. The lowest BCUT2D eigenvalue weighted by molar-refractivity contribution is -0.149. The first-order valence-corrected chi connectivity index (χ1v) is 15.4. The number of piperazine rings is 1. The summed E-state index contributed by atoms with van der Waals surface area (Å²) in [5.74, 6) is -2.31. The fraction of sp³-hybridized carbons (Fsp3) is 0.636. The van der Waals surface area contributed by atoms with Crippen LogP contribution in [0.15, 0.2) is 17.1 Å². The molecule has 1 aromatic carbocycles. The van der Waals surface area contributed by atoms with E-state index in [2.05, 4.69) is 0 Å². The highest BCUT2D eigenvalue weighted by Gasteiger charge is 2.38. The third kappa shape index (κ3) is 7.36. The molecule has 0 bridgehead atoms. The van der Waals surface area contributed by atoms with Crippen molar-refractivity contribution in [2.75, 3.05) is 38.3 Å². The molecule has 1 unspecified atom stereocenters. The number of aliphatic carboxylic acids is 1. The molecule has 1 saturated carbocycles. The van der Waals surface area contributed by atoms with Crippen LogP contribution in [0.1, 0.15) is 91.1 Å². The molecule has 2 fully saturated rings. The molecule has 12 heteroatoms. The minimum atomic E-state index is -1.04. The van der Waals surface area contributed by atoms with Gasteiger partial charge in [-0.3, -0.25) is 9.59 Å². The lowest BCUT2D eigenvalue weighted by Gasteiger charge is -2.41. The predicted molar refractivity (Wildman–Crippen MR) is 168 cm³/mol. The third-order valence-corrected chi connectivity index (χ3v) is 8.23. The van der Waals surface area contributed by atoms with E-state index in [0.29, 0.717) is 25.2 Å². The molecule has 4 rings (SSSR count). The number of nitrogens with zero attached hydrogens (tertiary/aromatic N) is 3. The van der Waals surface area contributed by atoms with Gasteiger partial charge in [0.15, 0.2) is 11.6 Å². The smallest absolute Gasteiger partial charge is 0.410 e. The number of fused-ring (bicyclic) bond motifs is 1. The molecular weight excluding hydrogens is 585 g/mol. The first-order chi connectivity index (χ1) is 20.8. The van der Waals surface area contributed by atoms with Crippen molar-refractivity contribution >= 4 is 34.6 Å². The number of aromatic nitrogens is 1. The Balaban J connectivity index is 1.68. The maximum absolute atomic E-state index is 16.0. The van der Waals surface area contributed by atoms with Crippen LogP contribution in [0.3, 0.4) is 0 Å². The molecule has 1 aliphatic heterocycles. The van der Waals surface area contributed by atoms with Crippen molar-refractivity contribution in [3.05, 3.63) is 33.9 Å². The Morgan fingerprint density at radius 3 is 2.24 bits per heavy atom. The fourth-order valence-corrected chi connectivity index (χ4v) is 6.13. The molecule has 0 spiro atoms. The standard InChI is InChI=1S/C33H46FN3O8/c1-19-15-35(12-13-36(19)30(42)45-31(2,3)4)25-23(34)14-21-24(27(25)43-9)37(20-10-11-20)16-22(26(21)38)28(39)44-18-32(5,6)17-33(7,8)29(40)41/h14,16,19-20H,10-13,15,17-18H2,1-9H3,(H,40,41). The molecule has 0 radical (unpaired) electrons. The van der Waals surface area contributed by atoms with Gasteiger partial charge in [-0.1, -0.05) is 13.8 Å². The normalized spacial score (nSPS) is 17.8. The van der Waals surface area contributed by atoms with Crippen molar-refractivity contribution in [3.8, 4) is 5.75 Å². The number of esters is 1. The summed E-state index contributed by atoms with van der Waals surface area (Å²) in [6.07, 6.45) is 2.89. The topological polar surface area (TPSA) is 128 Å². The van der Waals surface area contributed by atoms with Crippen molar-refractivity contribution in [1.29, 1.82) is 0 Å². The van der Waals surface area contributed by atoms with Gasteiger partial charge < -0.3 is 33.7 Å². The maximum atomic E-state index is 16.0. The van der Waals surface area contributed by atoms with Gasteiger partial charge >= 0.3 is 18.0 Å². The second kappa shape index (κ2) is 12.2. The number of anilines is 1. The number of amides is 1. The summed E-state index contributed by atoms with van der Waals surface area (Å²) in [5, 5.41) is 9.52. The van der Waals surface area contributed by atoms with Crippen LogP contribution in [-0.2, 0) is 14.3 Å². The van der Waals surface area contributed by atoms with Gasteiger partial charge in [0.25, 0.3) is 0 Å². The minimum absolute atomic E-state index is 0.00107. The van der Waals surface area contributed by atoms with Crippen LogP contribution in [-0.4, -0.2) is 77.6 Å². The lowest BCUT2D eigenvalue weighted by Crippen LogP contribution is -2.55. The number of ether oxygens (including phenoxy) is 3. The van der Waals surface area contributed by atoms with E-state index in [1.165, 1.54) is 13.3 Å². The molecule has 11 nitrogen and oxygen atoms in total.